The van der Waals surface area contributed by atoms with Gasteiger partial charge < -0.3 is 25.2 Å². The molecule has 0 bridgehead atoms. The lowest BCUT2D eigenvalue weighted by molar-refractivity contribution is -0.205. The number of unbranched alkanes of at least 4 members (excludes halogenated alkanes) is 1. The summed E-state index contributed by atoms with van der Waals surface area (Å²) in [6, 6.07) is 0. The van der Waals surface area contributed by atoms with Crippen molar-refractivity contribution in [2.75, 3.05) is 6.61 Å². The first-order chi connectivity index (χ1) is 10.7. The molecule has 1 heterocycles. The summed E-state index contributed by atoms with van der Waals surface area (Å²) in [5.41, 5.74) is -1.11. The number of oxime groups is 1. The number of nitrogens with zero attached hydrogens (tertiary/aromatic N) is 1. The number of aliphatic hydroxyl groups is 4. The number of hydrogen-bond acceptors (Lipinski definition) is 10. The second-order valence-electron chi connectivity index (χ2n) is 4.91. The summed E-state index contributed by atoms with van der Waals surface area (Å²) in [5, 5.41) is 41.8. The van der Waals surface area contributed by atoms with Crippen LogP contribution >= 0.6 is 11.8 Å². The molecule has 1 fully saturated rings. The molecule has 10 nitrogen and oxygen atoms in total. The van der Waals surface area contributed by atoms with Gasteiger partial charge in [-0.05, 0) is 12.8 Å². The van der Waals surface area contributed by atoms with Gasteiger partial charge in [0.15, 0.2) is 0 Å². The van der Waals surface area contributed by atoms with E-state index in [0.29, 0.717) is 6.42 Å². The smallest absolute Gasteiger partial charge is 0.394 e. The molecule has 0 aliphatic carbocycles. The van der Waals surface area contributed by atoms with E-state index < -0.39 is 46.9 Å². The Morgan fingerprint density at radius 3 is 2.43 bits per heavy atom. The van der Waals surface area contributed by atoms with E-state index in [1.807, 2.05) is 6.92 Å². The summed E-state index contributed by atoms with van der Waals surface area (Å²) in [7, 11) is -4.77. The number of thioether (sulfide) groups is 1. The van der Waals surface area contributed by atoms with Crippen LogP contribution in [-0.4, -0.2) is 74.9 Å². The van der Waals surface area contributed by atoms with Crippen LogP contribution in [0.1, 0.15) is 26.2 Å². The second kappa shape index (κ2) is 9.13. The molecule has 0 amide bonds. The van der Waals surface area contributed by atoms with Crippen LogP contribution in [0.4, 0.5) is 0 Å². The zero-order chi connectivity index (χ0) is 17.6. The molecule has 5 N–H and O–H groups in total. The highest BCUT2D eigenvalue weighted by Gasteiger charge is 2.44. The summed E-state index contributed by atoms with van der Waals surface area (Å²) in [5.74, 6) is 0. The lowest BCUT2D eigenvalue weighted by Gasteiger charge is -2.39. The van der Waals surface area contributed by atoms with Gasteiger partial charge in [0.1, 0.15) is 34.9 Å². The quantitative estimate of drug-likeness (QED) is 0.158. The van der Waals surface area contributed by atoms with Gasteiger partial charge in [0.2, 0.25) is 0 Å². The second-order valence-corrected chi connectivity index (χ2v) is 7.08. The van der Waals surface area contributed by atoms with Gasteiger partial charge in [-0.25, -0.2) is 4.28 Å². The molecule has 1 aliphatic heterocycles. The predicted molar refractivity (Wildman–Crippen MR) is 81.0 cm³/mol. The van der Waals surface area contributed by atoms with Crippen LogP contribution in [-0.2, 0) is 19.4 Å². The summed E-state index contributed by atoms with van der Waals surface area (Å²) >= 11 is 0.774. The van der Waals surface area contributed by atoms with Crippen molar-refractivity contribution in [3.63, 3.8) is 0 Å². The van der Waals surface area contributed by atoms with Gasteiger partial charge in [0, 0.05) is 0 Å². The largest absolute Gasteiger partial charge is 0.466 e. The molecule has 0 unspecified atom stereocenters. The van der Waals surface area contributed by atoms with Crippen molar-refractivity contribution in [1.82, 2.24) is 0 Å². The molecule has 1 saturated heterocycles. The molecule has 1 rings (SSSR count). The van der Waals surface area contributed by atoms with Crippen molar-refractivity contribution in [3.8, 4) is 0 Å². The van der Waals surface area contributed by atoms with Crippen molar-refractivity contribution in [2.45, 2.75) is 56.0 Å². The Labute approximate surface area is 138 Å². The Morgan fingerprint density at radius 1 is 1.26 bits per heavy atom. The van der Waals surface area contributed by atoms with Crippen LogP contribution in [0.15, 0.2) is 5.16 Å². The Balaban J connectivity index is 2.84. The molecule has 0 aromatic carbocycles. The zero-order valence-electron chi connectivity index (χ0n) is 12.3. The molecule has 0 radical (unpaired) electrons. The molecular weight excluding hydrogens is 354 g/mol. The Hall–Kier alpha value is -0.470. The lowest BCUT2D eigenvalue weighted by Crippen LogP contribution is -2.57. The van der Waals surface area contributed by atoms with E-state index in [2.05, 4.69) is 9.44 Å². The van der Waals surface area contributed by atoms with Crippen molar-refractivity contribution in [2.24, 2.45) is 5.16 Å². The fourth-order valence-corrected chi connectivity index (χ4v) is 3.18. The van der Waals surface area contributed by atoms with Crippen LogP contribution < -0.4 is 0 Å². The highest BCUT2D eigenvalue weighted by Crippen LogP contribution is 2.30. The standard InChI is InChI=1S/C11H21NO9S2/c1-2-3-4-7(12-21-23(17,18)19)22-11-10(16)9(15)8(14)6(5-13)20-11/h6,8-11,13-16H,2-5H2,1H3,(H,17,18,19)/b12-7-/t6-,8-,9-,10+,11+/m0/s1. The average molecular weight is 375 g/mol. The van der Waals surface area contributed by atoms with E-state index in [9.17, 15) is 23.7 Å². The highest BCUT2D eigenvalue weighted by atomic mass is 32.3. The minimum Gasteiger partial charge on any atom is -0.394 e. The van der Waals surface area contributed by atoms with E-state index in [0.717, 1.165) is 18.2 Å². The third-order valence-electron chi connectivity index (χ3n) is 3.08. The van der Waals surface area contributed by atoms with E-state index in [1.54, 1.807) is 0 Å². The van der Waals surface area contributed by atoms with Crippen LogP contribution in [0.5, 0.6) is 0 Å². The Kier molecular flexibility index (Phi) is 8.17. The summed E-state index contributed by atoms with van der Waals surface area (Å²) in [6.07, 6.45) is -3.94. The van der Waals surface area contributed by atoms with Gasteiger partial charge in [0.05, 0.1) is 6.61 Å². The summed E-state index contributed by atoms with van der Waals surface area (Å²) in [4.78, 5) is 0. The van der Waals surface area contributed by atoms with E-state index in [-0.39, 0.29) is 11.5 Å². The predicted octanol–water partition coefficient (Wildman–Crippen LogP) is -1.16. The fraction of sp³-hybridized carbons (Fsp3) is 0.909. The fourth-order valence-electron chi connectivity index (χ4n) is 1.84. The maximum atomic E-state index is 10.6. The first-order valence-corrected chi connectivity index (χ1v) is 9.14. The van der Waals surface area contributed by atoms with Gasteiger partial charge in [0.25, 0.3) is 0 Å². The number of hydrogen-bond donors (Lipinski definition) is 5. The first kappa shape index (κ1) is 20.6. The van der Waals surface area contributed by atoms with E-state index >= 15 is 0 Å². The summed E-state index contributed by atoms with van der Waals surface area (Å²) < 4.78 is 39.0. The summed E-state index contributed by atoms with van der Waals surface area (Å²) in [6.45, 7) is 1.31. The Morgan fingerprint density at radius 2 is 1.91 bits per heavy atom. The lowest BCUT2D eigenvalue weighted by atomic mass is 10.0. The molecule has 23 heavy (non-hydrogen) atoms. The Bertz CT molecular complexity index is 496. The maximum Gasteiger partial charge on any atom is 0.466 e. The van der Waals surface area contributed by atoms with Gasteiger partial charge in [-0.15, -0.1) is 0 Å². The molecule has 12 heteroatoms. The third kappa shape index (κ3) is 6.51. The van der Waals surface area contributed by atoms with E-state index in [4.69, 9.17) is 14.4 Å². The molecule has 1 aliphatic rings. The van der Waals surface area contributed by atoms with Crippen molar-refractivity contribution >= 4 is 27.2 Å². The topological polar surface area (TPSA) is 166 Å². The number of rotatable bonds is 7. The number of ether oxygens (including phenoxy) is 1. The van der Waals surface area contributed by atoms with E-state index in [1.165, 1.54) is 0 Å². The third-order valence-corrected chi connectivity index (χ3v) is 4.51. The van der Waals surface area contributed by atoms with Crippen molar-refractivity contribution < 1.29 is 42.4 Å². The van der Waals surface area contributed by atoms with Crippen LogP contribution in [0.2, 0.25) is 0 Å². The SMILES string of the molecule is CCCC/C(=N/OS(=O)(=O)O)S[C@H]1O[C@@H](CO)[C@H](O)[C@H](O)[C@H]1O. The molecule has 136 valence electrons. The molecule has 0 aromatic heterocycles. The minimum atomic E-state index is -4.77. The molecule has 0 saturated carbocycles. The minimum absolute atomic E-state index is 0.105. The first-order valence-electron chi connectivity index (χ1n) is 6.89. The molecule has 0 aromatic rings. The monoisotopic (exact) mass is 375 g/mol. The molecule has 5 atom stereocenters. The molecule has 0 spiro atoms. The molecular formula is C11H21NO9S2. The van der Waals surface area contributed by atoms with Gasteiger partial charge in [-0.1, -0.05) is 30.3 Å². The van der Waals surface area contributed by atoms with Gasteiger partial charge >= 0.3 is 10.4 Å². The van der Waals surface area contributed by atoms with Crippen LogP contribution in [0.3, 0.4) is 0 Å². The van der Waals surface area contributed by atoms with Crippen LogP contribution in [0, 0.1) is 0 Å². The van der Waals surface area contributed by atoms with Gasteiger partial charge in [-0.3, -0.25) is 4.55 Å². The average Bonchev–Trinajstić information content (AvgIpc) is 2.49. The normalized spacial score (nSPS) is 32.8. The maximum absolute atomic E-state index is 10.6. The van der Waals surface area contributed by atoms with Crippen molar-refractivity contribution in [1.29, 1.82) is 0 Å². The zero-order valence-corrected chi connectivity index (χ0v) is 14.0. The highest BCUT2D eigenvalue weighted by molar-refractivity contribution is 8.14. The van der Waals surface area contributed by atoms with Crippen molar-refractivity contribution in [3.05, 3.63) is 0 Å². The number of aliphatic hydroxyl groups excluding tert-OH is 4. The van der Waals surface area contributed by atoms with Crippen LogP contribution in [0.25, 0.3) is 0 Å². The van der Waals surface area contributed by atoms with Gasteiger partial charge in [-0.2, -0.15) is 8.42 Å².